The van der Waals surface area contributed by atoms with Gasteiger partial charge in [0.25, 0.3) is 0 Å². The number of nitrogens with one attached hydrogen (secondary N) is 1. The number of nitrogens with zero attached hydrogens (tertiary/aromatic N) is 5. The van der Waals surface area contributed by atoms with E-state index in [0.29, 0.717) is 23.4 Å². The summed E-state index contributed by atoms with van der Waals surface area (Å²) in [6, 6.07) is 7.74. The summed E-state index contributed by atoms with van der Waals surface area (Å²) in [4.78, 5) is 12.0. The van der Waals surface area contributed by atoms with E-state index in [-0.39, 0.29) is 11.7 Å². The molecule has 0 aliphatic carbocycles. The van der Waals surface area contributed by atoms with Gasteiger partial charge in [-0.05, 0) is 38.1 Å². The van der Waals surface area contributed by atoms with E-state index in [1.165, 1.54) is 23.1 Å². The number of carbonyl (C=O) groups is 1. The van der Waals surface area contributed by atoms with Gasteiger partial charge in [-0.25, -0.2) is 0 Å². The van der Waals surface area contributed by atoms with Crippen molar-refractivity contribution in [2.45, 2.75) is 25.5 Å². The molecule has 3 rings (SSSR count). The predicted octanol–water partition coefficient (Wildman–Crippen LogP) is 2.95. The highest BCUT2D eigenvalue weighted by atomic mass is 32.2. The second-order valence-corrected chi connectivity index (χ2v) is 6.86. The highest BCUT2D eigenvalue weighted by Crippen LogP contribution is 2.25. The lowest BCUT2D eigenvalue weighted by molar-refractivity contribution is -0.113. The maximum atomic E-state index is 12.0. The fourth-order valence-corrected chi connectivity index (χ4v) is 3.54. The smallest absolute Gasteiger partial charge is 0.236 e. The summed E-state index contributed by atoms with van der Waals surface area (Å²) < 4.78 is 7.45. The molecule has 0 spiro atoms. The second kappa shape index (κ2) is 8.77. The summed E-state index contributed by atoms with van der Waals surface area (Å²) in [7, 11) is 0. The van der Waals surface area contributed by atoms with Gasteiger partial charge in [-0.2, -0.15) is 0 Å². The Balaban J connectivity index is 1.68. The van der Waals surface area contributed by atoms with Gasteiger partial charge in [0, 0.05) is 12.1 Å². The summed E-state index contributed by atoms with van der Waals surface area (Å²) in [5.74, 6) is 1.66. The molecule has 0 atom stereocenters. The minimum atomic E-state index is -0.153. The van der Waals surface area contributed by atoms with E-state index >= 15 is 0 Å². The number of thioether (sulfide) groups is 1. The van der Waals surface area contributed by atoms with Gasteiger partial charge in [0.2, 0.25) is 11.0 Å². The van der Waals surface area contributed by atoms with Gasteiger partial charge in [0.1, 0.15) is 11.3 Å². The first-order valence-corrected chi connectivity index (χ1v) is 9.93. The van der Waals surface area contributed by atoms with Crippen LogP contribution in [0.3, 0.4) is 0 Å². The number of rotatable bonds is 8. The number of amides is 1. The number of hydrogen-bond acceptors (Lipinski definition) is 8. The maximum absolute atomic E-state index is 12.0. The van der Waals surface area contributed by atoms with E-state index < -0.39 is 0 Å². The van der Waals surface area contributed by atoms with Gasteiger partial charge in [-0.1, -0.05) is 23.1 Å². The standard InChI is InChI=1S/C16H18N6O2S2/c1-3-22-14(11-5-7-12(8-6-11)24-4-2)19-21-16(22)25-9-13(23)18-15-20-17-10-26-15/h5-8,10H,3-4,9H2,1-2H3,(H,18,20,23). The van der Waals surface area contributed by atoms with Crippen LogP contribution >= 0.6 is 23.1 Å². The Hall–Kier alpha value is -2.46. The Morgan fingerprint density at radius 1 is 1.23 bits per heavy atom. The van der Waals surface area contributed by atoms with Crippen LogP contribution in [0.4, 0.5) is 5.13 Å². The molecule has 2 heterocycles. The molecule has 136 valence electrons. The van der Waals surface area contributed by atoms with Gasteiger partial charge in [0.05, 0.1) is 12.4 Å². The van der Waals surface area contributed by atoms with Crippen LogP contribution in [0.15, 0.2) is 34.9 Å². The fourth-order valence-electron chi connectivity index (χ4n) is 2.27. The number of carbonyl (C=O) groups excluding carboxylic acids is 1. The zero-order chi connectivity index (χ0) is 18.4. The quantitative estimate of drug-likeness (QED) is 0.591. The van der Waals surface area contributed by atoms with Gasteiger partial charge in [-0.15, -0.1) is 20.4 Å². The van der Waals surface area contributed by atoms with Gasteiger partial charge in [-0.3, -0.25) is 10.1 Å². The van der Waals surface area contributed by atoms with Crippen LogP contribution in [0.25, 0.3) is 11.4 Å². The minimum absolute atomic E-state index is 0.153. The third-order valence-corrected chi connectivity index (χ3v) is 4.97. The Bertz CT molecular complexity index is 848. The molecule has 1 amide bonds. The van der Waals surface area contributed by atoms with Crippen LogP contribution < -0.4 is 10.1 Å². The molecule has 0 bridgehead atoms. The molecule has 0 fully saturated rings. The molecule has 0 saturated carbocycles. The molecule has 0 aliphatic rings. The van der Waals surface area contributed by atoms with Crippen LogP contribution in [0.5, 0.6) is 5.75 Å². The van der Waals surface area contributed by atoms with E-state index in [1.807, 2.05) is 42.7 Å². The Morgan fingerprint density at radius 2 is 2.04 bits per heavy atom. The first-order chi connectivity index (χ1) is 12.7. The third kappa shape index (κ3) is 4.38. The highest BCUT2D eigenvalue weighted by molar-refractivity contribution is 7.99. The topological polar surface area (TPSA) is 94.8 Å². The monoisotopic (exact) mass is 390 g/mol. The van der Waals surface area contributed by atoms with E-state index in [0.717, 1.165) is 17.1 Å². The average Bonchev–Trinajstić information content (AvgIpc) is 3.30. The number of aromatic nitrogens is 5. The van der Waals surface area contributed by atoms with Crippen molar-refractivity contribution < 1.29 is 9.53 Å². The zero-order valence-corrected chi connectivity index (χ0v) is 16.0. The number of benzene rings is 1. The molecule has 1 N–H and O–H groups in total. The molecule has 1 aromatic carbocycles. The lowest BCUT2D eigenvalue weighted by atomic mass is 10.2. The fraction of sp³-hybridized carbons (Fsp3) is 0.312. The van der Waals surface area contributed by atoms with Crippen molar-refractivity contribution in [1.82, 2.24) is 25.0 Å². The van der Waals surface area contributed by atoms with E-state index in [2.05, 4.69) is 25.7 Å². The van der Waals surface area contributed by atoms with Crippen molar-refractivity contribution >= 4 is 34.1 Å². The molecule has 8 nitrogen and oxygen atoms in total. The van der Waals surface area contributed by atoms with Gasteiger partial charge in [0.15, 0.2) is 11.0 Å². The molecular formula is C16H18N6O2S2. The van der Waals surface area contributed by atoms with E-state index in [1.54, 1.807) is 5.51 Å². The van der Waals surface area contributed by atoms with E-state index in [9.17, 15) is 4.79 Å². The lowest BCUT2D eigenvalue weighted by Crippen LogP contribution is -2.14. The normalized spacial score (nSPS) is 10.7. The summed E-state index contributed by atoms with van der Waals surface area (Å²) in [5.41, 5.74) is 2.52. The van der Waals surface area contributed by atoms with E-state index in [4.69, 9.17) is 4.74 Å². The first kappa shape index (κ1) is 18.3. The molecule has 0 radical (unpaired) electrons. The number of ether oxygens (including phenoxy) is 1. The van der Waals surface area contributed by atoms with Crippen molar-refractivity contribution in [3.63, 3.8) is 0 Å². The largest absolute Gasteiger partial charge is 0.494 e. The molecule has 2 aromatic heterocycles. The van der Waals surface area contributed by atoms with Crippen molar-refractivity contribution in [2.75, 3.05) is 17.7 Å². The molecule has 26 heavy (non-hydrogen) atoms. The lowest BCUT2D eigenvalue weighted by Gasteiger charge is -2.08. The van der Waals surface area contributed by atoms with Crippen molar-refractivity contribution in [3.8, 4) is 17.1 Å². The molecule has 0 unspecified atom stereocenters. The first-order valence-electron chi connectivity index (χ1n) is 8.06. The van der Waals surface area contributed by atoms with Crippen molar-refractivity contribution in [3.05, 3.63) is 29.8 Å². The number of hydrogen-bond donors (Lipinski definition) is 1. The molecular weight excluding hydrogens is 372 g/mol. The van der Waals surface area contributed by atoms with Crippen LogP contribution in [-0.4, -0.2) is 43.2 Å². The minimum Gasteiger partial charge on any atom is -0.494 e. The van der Waals surface area contributed by atoms with Gasteiger partial charge < -0.3 is 9.30 Å². The molecule has 0 aliphatic heterocycles. The molecule has 0 saturated heterocycles. The van der Waals surface area contributed by atoms with Crippen LogP contribution in [0.2, 0.25) is 0 Å². The van der Waals surface area contributed by atoms with Crippen LogP contribution in [-0.2, 0) is 11.3 Å². The number of anilines is 1. The third-order valence-electron chi connectivity index (χ3n) is 3.40. The van der Waals surface area contributed by atoms with Crippen LogP contribution in [0.1, 0.15) is 13.8 Å². The van der Waals surface area contributed by atoms with Gasteiger partial charge >= 0.3 is 0 Å². The summed E-state index contributed by atoms with van der Waals surface area (Å²) in [6.45, 7) is 5.30. The highest BCUT2D eigenvalue weighted by Gasteiger charge is 2.15. The van der Waals surface area contributed by atoms with Crippen LogP contribution in [0, 0.1) is 0 Å². The summed E-state index contributed by atoms with van der Waals surface area (Å²) in [6.07, 6.45) is 0. The van der Waals surface area contributed by atoms with Crippen molar-refractivity contribution in [1.29, 1.82) is 0 Å². The Kier molecular flexibility index (Phi) is 6.18. The SMILES string of the molecule is CCOc1ccc(-c2nnc(SCC(=O)Nc3nncs3)n2CC)cc1. The average molecular weight is 390 g/mol. The maximum Gasteiger partial charge on any atom is 0.236 e. The second-order valence-electron chi connectivity index (χ2n) is 5.09. The summed E-state index contributed by atoms with van der Waals surface area (Å²) >= 11 is 2.62. The Labute approximate surface area is 159 Å². The zero-order valence-electron chi connectivity index (χ0n) is 14.4. The summed E-state index contributed by atoms with van der Waals surface area (Å²) in [5, 5.41) is 19.9. The molecule has 3 aromatic rings. The molecule has 10 heteroatoms. The van der Waals surface area contributed by atoms with Crippen molar-refractivity contribution in [2.24, 2.45) is 0 Å². The predicted molar refractivity (Wildman–Crippen MR) is 102 cm³/mol. The Morgan fingerprint density at radius 3 is 2.69 bits per heavy atom.